The molecule has 0 saturated carbocycles. The zero-order valence-electron chi connectivity index (χ0n) is 11.8. The second kappa shape index (κ2) is 6.57. The molecule has 19 heavy (non-hydrogen) atoms. The quantitative estimate of drug-likeness (QED) is 0.847. The number of likely N-dealkylation sites (N-methyl/N-ethyl adjacent to an activating group) is 1. The summed E-state index contributed by atoms with van der Waals surface area (Å²) in [6.07, 6.45) is 1.05. The van der Waals surface area contributed by atoms with E-state index in [1.807, 2.05) is 13.0 Å². The third-order valence-electron chi connectivity index (χ3n) is 3.50. The standard InChI is InChI=1S/C15H23N3O/c1-3-16-13-9-10-18(11-15(19)17-4-2)14-8-6-5-7-12(13)14/h5-8,13,16H,3-4,9-11H2,1-2H3,(H,17,19). The lowest BCUT2D eigenvalue weighted by Gasteiger charge is -2.35. The first kappa shape index (κ1) is 13.9. The van der Waals surface area contributed by atoms with Gasteiger partial charge in [-0.25, -0.2) is 0 Å². The molecule has 0 aromatic heterocycles. The normalized spacial score (nSPS) is 18.0. The van der Waals surface area contributed by atoms with Gasteiger partial charge in [-0.15, -0.1) is 0 Å². The Morgan fingerprint density at radius 1 is 1.32 bits per heavy atom. The summed E-state index contributed by atoms with van der Waals surface area (Å²) >= 11 is 0. The van der Waals surface area contributed by atoms with Crippen molar-refractivity contribution in [2.75, 3.05) is 31.1 Å². The van der Waals surface area contributed by atoms with E-state index in [1.54, 1.807) is 0 Å². The molecule has 2 rings (SSSR count). The largest absolute Gasteiger partial charge is 0.362 e. The Kier molecular flexibility index (Phi) is 4.80. The van der Waals surface area contributed by atoms with E-state index in [4.69, 9.17) is 0 Å². The molecule has 1 heterocycles. The number of para-hydroxylation sites is 1. The molecule has 0 bridgehead atoms. The van der Waals surface area contributed by atoms with Gasteiger partial charge < -0.3 is 15.5 Å². The van der Waals surface area contributed by atoms with Gasteiger partial charge in [0.15, 0.2) is 0 Å². The SMILES string of the molecule is CCNC(=O)CN1CCC(NCC)c2ccccc21. The van der Waals surface area contributed by atoms with E-state index in [0.29, 0.717) is 19.1 Å². The van der Waals surface area contributed by atoms with Crippen molar-refractivity contribution in [3.05, 3.63) is 29.8 Å². The molecule has 1 atom stereocenters. The Hall–Kier alpha value is -1.55. The molecule has 4 heteroatoms. The van der Waals surface area contributed by atoms with Crippen LogP contribution in [0.3, 0.4) is 0 Å². The Morgan fingerprint density at radius 3 is 2.84 bits per heavy atom. The third kappa shape index (κ3) is 3.26. The predicted octanol–water partition coefficient (Wildman–Crippen LogP) is 1.68. The van der Waals surface area contributed by atoms with Gasteiger partial charge in [-0.3, -0.25) is 4.79 Å². The van der Waals surface area contributed by atoms with Crippen LogP contribution in [0.1, 0.15) is 31.9 Å². The molecule has 0 fully saturated rings. The van der Waals surface area contributed by atoms with Crippen LogP contribution in [0.15, 0.2) is 24.3 Å². The highest BCUT2D eigenvalue weighted by molar-refractivity contribution is 5.81. The van der Waals surface area contributed by atoms with Crippen molar-refractivity contribution in [3.63, 3.8) is 0 Å². The van der Waals surface area contributed by atoms with E-state index >= 15 is 0 Å². The van der Waals surface area contributed by atoms with Crippen molar-refractivity contribution >= 4 is 11.6 Å². The maximum atomic E-state index is 11.8. The van der Waals surface area contributed by atoms with E-state index in [1.165, 1.54) is 11.3 Å². The van der Waals surface area contributed by atoms with Crippen LogP contribution in [-0.4, -0.2) is 32.1 Å². The van der Waals surface area contributed by atoms with E-state index in [2.05, 4.69) is 40.7 Å². The van der Waals surface area contributed by atoms with Crippen molar-refractivity contribution < 1.29 is 4.79 Å². The van der Waals surface area contributed by atoms with E-state index < -0.39 is 0 Å². The van der Waals surface area contributed by atoms with E-state index in [0.717, 1.165) is 19.5 Å². The second-order valence-electron chi connectivity index (χ2n) is 4.83. The third-order valence-corrected chi connectivity index (χ3v) is 3.50. The first-order valence-electron chi connectivity index (χ1n) is 7.10. The summed E-state index contributed by atoms with van der Waals surface area (Å²) in [4.78, 5) is 13.9. The van der Waals surface area contributed by atoms with Crippen LogP contribution in [-0.2, 0) is 4.79 Å². The fourth-order valence-electron chi connectivity index (χ4n) is 2.68. The number of nitrogens with zero attached hydrogens (tertiary/aromatic N) is 1. The Balaban J connectivity index is 2.15. The molecule has 104 valence electrons. The van der Waals surface area contributed by atoms with Gasteiger partial charge in [-0.2, -0.15) is 0 Å². The number of benzene rings is 1. The minimum absolute atomic E-state index is 0.0965. The molecule has 1 aromatic rings. The summed E-state index contributed by atoms with van der Waals surface area (Å²) in [6.45, 7) is 7.10. The summed E-state index contributed by atoms with van der Waals surface area (Å²) in [6, 6.07) is 8.79. The molecule has 4 nitrogen and oxygen atoms in total. The van der Waals surface area contributed by atoms with Gasteiger partial charge in [-0.1, -0.05) is 25.1 Å². The lowest BCUT2D eigenvalue weighted by atomic mass is 9.96. The number of rotatable bonds is 5. The zero-order chi connectivity index (χ0) is 13.7. The number of carbonyl (C=O) groups excluding carboxylic acids is 1. The van der Waals surface area contributed by atoms with Crippen molar-refractivity contribution in [1.29, 1.82) is 0 Å². The summed E-state index contributed by atoms with van der Waals surface area (Å²) in [5.41, 5.74) is 2.49. The molecule has 0 radical (unpaired) electrons. The van der Waals surface area contributed by atoms with Gasteiger partial charge in [0.05, 0.1) is 6.54 Å². The summed E-state index contributed by atoms with van der Waals surface area (Å²) in [7, 11) is 0. The fraction of sp³-hybridized carbons (Fsp3) is 0.533. The van der Waals surface area contributed by atoms with Crippen LogP contribution in [0, 0.1) is 0 Å². The minimum Gasteiger partial charge on any atom is -0.362 e. The van der Waals surface area contributed by atoms with Crippen LogP contribution >= 0.6 is 0 Å². The van der Waals surface area contributed by atoms with E-state index in [-0.39, 0.29) is 5.91 Å². The van der Waals surface area contributed by atoms with Crippen LogP contribution < -0.4 is 15.5 Å². The lowest BCUT2D eigenvalue weighted by molar-refractivity contribution is -0.119. The van der Waals surface area contributed by atoms with Crippen LogP contribution in [0.4, 0.5) is 5.69 Å². The first-order valence-corrected chi connectivity index (χ1v) is 7.10. The van der Waals surface area contributed by atoms with Crippen LogP contribution in [0.25, 0.3) is 0 Å². The number of anilines is 1. The zero-order valence-corrected chi connectivity index (χ0v) is 11.8. The molecule has 0 saturated heterocycles. The van der Waals surface area contributed by atoms with Crippen molar-refractivity contribution in [2.45, 2.75) is 26.3 Å². The summed E-state index contributed by atoms with van der Waals surface area (Å²) < 4.78 is 0. The molecular formula is C15H23N3O. The Morgan fingerprint density at radius 2 is 2.11 bits per heavy atom. The highest BCUT2D eigenvalue weighted by atomic mass is 16.2. The van der Waals surface area contributed by atoms with Gasteiger partial charge in [0, 0.05) is 24.8 Å². The highest BCUT2D eigenvalue weighted by Gasteiger charge is 2.24. The molecular weight excluding hydrogens is 238 g/mol. The van der Waals surface area contributed by atoms with Gasteiger partial charge in [0.2, 0.25) is 5.91 Å². The number of amides is 1. The molecule has 1 aromatic carbocycles. The summed E-state index contributed by atoms with van der Waals surface area (Å²) in [5, 5.41) is 6.38. The topological polar surface area (TPSA) is 44.4 Å². The molecule has 1 amide bonds. The lowest BCUT2D eigenvalue weighted by Crippen LogP contribution is -2.42. The molecule has 0 aliphatic carbocycles. The second-order valence-corrected chi connectivity index (χ2v) is 4.83. The number of carbonyl (C=O) groups is 1. The van der Waals surface area contributed by atoms with Crippen LogP contribution in [0.5, 0.6) is 0 Å². The Labute approximate surface area is 115 Å². The molecule has 0 spiro atoms. The number of nitrogens with one attached hydrogen (secondary N) is 2. The fourth-order valence-corrected chi connectivity index (χ4v) is 2.68. The first-order chi connectivity index (χ1) is 9.26. The minimum atomic E-state index is 0.0965. The van der Waals surface area contributed by atoms with Crippen molar-refractivity contribution in [3.8, 4) is 0 Å². The molecule has 1 aliphatic rings. The Bertz CT molecular complexity index is 433. The molecule has 1 unspecified atom stereocenters. The van der Waals surface area contributed by atoms with Crippen molar-refractivity contribution in [2.24, 2.45) is 0 Å². The van der Waals surface area contributed by atoms with E-state index in [9.17, 15) is 4.79 Å². The van der Waals surface area contributed by atoms with Gasteiger partial charge in [0.25, 0.3) is 0 Å². The van der Waals surface area contributed by atoms with Gasteiger partial charge in [0.1, 0.15) is 0 Å². The predicted molar refractivity (Wildman–Crippen MR) is 78.4 cm³/mol. The molecule has 1 aliphatic heterocycles. The van der Waals surface area contributed by atoms with Crippen LogP contribution in [0.2, 0.25) is 0 Å². The summed E-state index contributed by atoms with van der Waals surface area (Å²) in [5.74, 6) is 0.0965. The van der Waals surface area contributed by atoms with Crippen molar-refractivity contribution in [1.82, 2.24) is 10.6 Å². The maximum Gasteiger partial charge on any atom is 0.239 e. The average molecular weight is 261 g/mol. The number of hydrogen-bond acceptors (Lipinski definition) is 3. The number of fused-ring (bicyclic) bond motifs is 1. The molecule has 2 N–H and O–H groups in total. The van der Waals surface area contributed by atoms with Gasteiger partial charge >= 0.3 is 0 Å². The average Bonchev–Trinajstić information content (AvgIpc) is 2.42. The monoisotopic (exact) mass is 261 g/mol. The highest BCUT2D eigenvalue weighted by Crippen LogP contribution is 2.33. The smallest absolute Gasteiger partial charge is 0.239 e. The maximum absolute atomic E-state index is 11.8. The number of hydrogen-bond donors (Lipinski definition) is 2. The van der Waals surface area contributed by atoms with Gasteiger partial charge in [-0.05, 0) is 31.5 Å².